The van der Waals surface area contributed by atoms with E-state index < -0.39 is 27.8 Å². The van der Waals surface area contributed by atoms with E-state index in [1.165, 1.54) is 0 Å². The Balaban J connectivity index is 2.12. The third kappa shape index (κ3) is 2.67. The number of carboxylic acid groups (broad SMARTS) is 1. The number of nitrogens with one attached hydrogen (secondary N) is 1. The van der Waals surface area contributed by atoms with Gasteiger partial charge >= 0.3 is 5.97 Å². The molecule has 0 aliphatic carbocycles. The molecule has 9 heteroatoms. The van der Waals surface area contributed by atoms with Crippen LogP contribution in [0.2, 0.25) is 0 Å². The van der Waals surface area contributed by atoms with Crippen LogP contribution >= 0.6 is 0 Å². The van der Waals surface area contributed by atoms with Gasteiger partial charge in [0.25, 0.3) is 0 Å². The molecule has 1 aliphatic rings. The molecule has 1 aliphatic heterocycles. The molecule has 0 saturated heterocycles. The molecule has 0 fully saturated rings. The Morgan fingerprint density at radius 3 is 2.94 bits per heavy atom. The first-order chi connectivity index (χ1) is 8.39. The zero-order valence-corrected chi connectivity index (χ0v) is 10.6. The lowest BCUT2D eigenvalue weighted by molar-refractivity contribution is -0.134. The summed E-state index contributed by atoms with van der Waals surface area (Å²) in [6, 6.07) is -0.589. The Labute approximate surface area is 104 Å². The molecule has 2 rings (SSSR count). The van der Waals surface area contributed by atoms with Crippen LogP contribution in [0.15, 0.2) is 0 Å². The number of rotatable bonds is 5. The maximum absolute atomic E-state index is 11.5. The van der Waals surface area contributed by atoms with Gasteiger partial charge in [-0.1, -0.05) is 0 Å². The summed E-state index contributed by atoms with van der Waals surface area (Å²) in [5, 5.41) is 16.4. The lowest BCUT2D eigenvalue weighted by atomic mass is 10.3. The van der Waals surface area contributed by atoms with Crippen molar-refractivity contribution < 1.29 is 18.3 Å². The SMILES string of the molecule is CC(NS(=O)(=O)CC(=O)O)c1nnc2n1CCC2. The molecule has 0 aromatic carbocycles. The summed E-state index contributed by atoms with van der Waals surface area (Å²) in [6.07, 6.45) is 1.80. The number of hydrogen-bond acceptors (Lipinski definition) is 5. The van der Waals surface area contributed by atoms with Gasteiger partial charge in [-0.25, -0.2) is 13.1 Å². The quantitative estimate of drug-likeness (QED) is 0.733. The number of nitrogens with zero attached hydrogens (tertiary/aromatic N) is 3. The molecule has 1 aromatic rings. The molecule has 1 unspecified atom stereocenters. The summed E-state index contributed by atoms with van der Waals surface area (Å²) in [5.41, 5.74) is 0. The Bertz CT molecular complexity index is 565. The third-order valence-corrected chi connectivity index (χ3v) is 4.03. The van der Waals surface area contributed by atoms with Gasteiger partial charge < -0.3 is 9.67 Å². The molecule has 1 atom stereocenters. The minimum atomic E-state index is -3.85. The molecule has 0 amide bonds. The van der Waals surface area contributed by atoms with Crippen molar-refractivity contribution in [1.82, 2.24) is 19.5 Å². The fraction of sp³-hybridized carbons (Fsp3) is 0.667. The number of aryl methyl sites for hydroxylation is 1. The van der Waals surface area contributed by atoms with E-state index in [9.17, 15) is 13.2 Å². The molecule has 2 heterocycles. The molecule has 1 aromatic heterocycles. The van der Waals surface area contributed by atoms with Crippen LogP contribution in [-0.2, 0) is 27.8 Å². The van der Waals surface area contributed by atoms with Gasteiger partial charge in [-0.3, -0.25) is 4.79 Å². The van der Waals surface area contributed by atoms with Crippen molar-refractivity contribution in [2.75, 3.05) is 5.75 Å². The molecule has 18 heavy (non-hydrogen) atoms. The van der Waals surface area contributed by atoms with Crippen molar-refractivity contribution in [3.05, 3.63) is 11.6 Å². The maximum Gasteiger partial charge on any atom is 0.320 e. The van der Waals surface area contributed by atoms with Crippen LogP contribution in [0.25, 0.3) is 0 Å². The number of aliphatic carboxylic acids is 1. The highest BCUT2D eigenvalue weighted by molar-refractivity contribution is 7.90. The Hall–Kier alpha value is -1.48. The van der Waals surface area contributed by atoms with Crippen LogP contribution in [0.5, 0.6) is 0 Å². The van der Waals surface area contributed by atoms with E-state index in [4.69, 9.17) is 5.11 Å². The lowest BCUT2D eigenvalue weighted by Gasteiger charge is -2.13. The second-order valence-corrected chi connectivity index (χ2v) is 5.98. The highest BCUT2D eigenvalue weighted by atomic mass is 32.2. The Kier molecular flexibility index (Phi) is 3.35. The average Bonchev–Trinajstić information content (AvgIpc) is 2.72. The second kappa shape index (κ2) is 4.65. The predicted octanol–water partition coefficient (Wildman–Crippen LogP) is -0.711. The molecule has 0 saturated carbocycles. The summed E-state index contributed by atoms with van der Waals surface area (Å²) in [5.74, 6) is -0.967. The van der Waals surface area contributed by atoms with Gasteiger partial charge in [0.15, 0.2) is 11.6 Å². The number of carbonyl (C=O) groups is 1. The summed E-state index contributed by atoms with van der Waals surface area (Å²) in [7, 11) is -3.85. The second-order valence-electron chi connectivity index (χ2n) is 4.22. The van der Waals surface area contributed by atoms with Crippen LogP contribution in [-0.4, -0.2) is 40.0 Å². The first-order valence-corrected chi connectivity index (χ1v) is 7.18. The molecule has 100 valence electrons. The van der Waals surface area contributed by atoms with Crippen LogP contribution in [0.4, 0.5) is 0 Å². The molecule has 0 bridgehead atoms. The van der Waals surface area contributed by atoms with Gasteiger partial charge in [0.1, 0.15) is 5.82 Å². The van der Waals surface area contributed by atoms with Crippen LogP contribution < -0.4 is 4.72 Å². The number of hydrogen-bond donors (Lipinski definition) is 2. The maximum atomic E-state index is 11.5. The van der Waals surface area contributed by atoms with Gasteiger partial charge in [0.2, 0.25) is 10.0 Å². The molecule has 2 N–H and O–H groups in total. The van der Waals surface area contributed by atoms with Gasteiger partial charge in [-0.2, -0.15) is 0 Å². The van der Waals surface area contributed by atoms with Gasteiger partial charge in [0, 0.05) is 13.0 Å². The number of carboxylic acids is 1. The zero-order valence-electron chi connectivity index (χ0n) is 9.83. The smallest absolute Gasteiger partial charge is 0.320 e. The molecule has 8 nitrogen and oxygen atoms in total. The highest BCUT2D eigenvalue weighted by Gasteiger charge is 2.25. The standard InChI is InChI=1S/C9H14N4O4S/c1-6(12-18(16,17)5-8(14)15)9-11-10-7-3-2-4-13(7)9/h6,12H,2-5H2,1H3,(H,14,15). The van der Waals surface area contributed by atoms with E-state index in [0.29, 0.717) is 5.82 Å². The van der Waals surface area contributed by atoms with E-state index >= 15 is 0 Å². The predicted molar refractivity (Wildman–Crippen MR) is 61.3 cm³/mol. The first kappa shape index (κ1) is 13.0. The Morgan fingerprint density at radius 1 is 1.56 bits per heavy atom. The van der Waals surface area contributed by atoms with E-state index in [1.54, 1.807) is 6.92 Å². The van der Waals surface area contributed by atoms with Gasteiger partial charge in [0.05, 0.1) is 6.04 Å². The largest absolute Gasteiger partial charge is 0.480 e. The van der Waals surface area contributed by atoms with Crippen molar-refractivity contribution in [3.8, 4) is 0 Å². The third-order valence-electron chi connectivity index (χ3n) is 2.70. The van der Waals surface area contributed by atoms with Gasteiger partial charge in [-0.15, -0.1) is 10.2 Å². The topological polar surface area (TPSA) is 114 Å². The van der Waals surface area contributed by atoms with Crippen molar-refractivity contribution in [2.24, 2.45) is 0 Å². The number of sulfonamides is 1. The summed E-state index contributed by atoms with van der Waals surface area (Å²) < 4.78 is 27.2. The van der Waals surface area contributed by atoms with Crippen molar-refractivity contribution in [1.29, 1.82) is 0 Å². The lowest BCUT2D eigenvalue weighted by Crippen LogP contribution is -2.33. The monoisotopic (exact) mass is 274 g/mol. The molecular formula is C9H14N4O4S. The normalized spacial score (nSPS) is 16.5. The van der Waals surface area contributed by atoms with Crippen molar-refractivity contribution in [2.45, 2.75) is 32.4 Å². The molecule has 0 radical (unpaired) electrons. The minimum Gasteiger partial charge on any atom is -0.480 e. The Morgan fingerprint density at radius 2 is 2.28 bits per heavy atom. The molecule has 0 spiro atoms. The first-order valence-electron chi connectivity index (χ1n) is 5.53. The summed E-state index contributed by atoms with van der Waals surface area (Å²) >= 11 is 0. The van der Waals surface area contributed by atoms with E-state index in [-0.39, 0.29) is 0 Å². The van der Waals surface area contributed by atoms with Crippen LogP contribution in [0.3, 0.4) is 0 Å². The number of fused-ring (bicyclic) bond motifs is 1. The fourth-order valence-electron chi connectivity index (χ4n) is 2.02. The minimum absolute atomic E-state index is 0.525. The van der Waals surface area contributed by atoms with E-state index in [2.05, 4.69) is 14.9 Å². The highest BCUT2D eigenvalue weighted by Crippen LogP contribution is 2.19. The van der Waals surface area contributed by atoms with Crippen LogP contribution in [0, 0.1) is 0 Å². The van der Waals surface area contributed by atoms with Crippen molar-refractivity contribution in [3.63, 3.8) is 0 Å². The van der Waals surface area contributed by atoms with Gasteiger partial charge in [-0.05, 0) is 13.3 Å². The molecular weight excluding hydrogens is 260 g/mol. The van der Waals surface area contributed by atoms with Crippen LogP contribution in [0.1, 0.15) is 31.0 Å². The van der Waals surface area contributed by atoms with E-state index in [1.807, 2.05) is 4.57 Å². The van der Waals surface area contributed by atoms with E-state index in [0.717, 1.165) is 25.2 Å². The summed E-state index contributed by atoms with van der Waals surface area (Å²) in [6.45, 7) is 2.39. The fourth-order valence-corrected chi connectivity index (χ4v) is 3.07. The van der Waals surface area contributed by atoms with Crippen molar-refractivity contribution >= 4 is 16.0 Å². The zero-order chi connectivity index (χ0) is 13.3. The average molecular weight is 274 g/mol. The summed E-state index contributed by atoms with van der Waals surface area (Å²) in [4.78, 5) is 10.4. The number of aromatic nitrogens is 3.